The lowest BCUT2D eigenvalue weighted by atomic mass is 10.2. The molecule has 0 bridgehead atoms. The maximum absolute atomic E-state index is 12.6. The van der Waals surface area contributed by atoms with Crippen LogP contribution in [0.1, 0.15) is 30.2 Å². The Kier molecular flexibility index (Phi) is 6.46. The van der Waals surface area contributed by atoms with Crippen LogP contribution in [0.5, 0.6) is 0 Å². The van der Waals surface area contributed by atoms with Gasteiger partial charge in [-0.2, -0.15) is 0 Å². The van der Waals surface area contributed by atoms with Crippen LogP contribution >= 0.6 is 0 Å². The normalized spacial score (nSPS) is 14.8. The molecule has 1 saturated heterocycles. The Bertz CT molecular complexity index is 795. The Hall–Kier alpha value is -2.67. The second-order valence-corrected chi connectivity index (χ2v) is 7.13. The molecule has 0 aliphatic carbocycles. The molecule has 1 aliphatic heterocycles. The fourth-order valence-corrected chi connectivity index (χ4v) is 3.38. The van der Waals surface area contributed by atoms with Crippen LogP contribution in [-0.4, -0.2) is 72.0 Å². The highest BCUT2D eigenvalue weighted by Gasteiger charge is 2.16. The molecule has 1 fully saturated rings. The number of carbonyl (C=O) groups excluding carboxylic acids is 1. The topological polar surface area (TPSA) is 64.6 Å². The molecule has 0 unspecified atom stereocenters. The molecule has 0 saturated carbocycles. The Morgan fingerprint density at radius 3 is 2.32 bits per heavy atom. The molecule has 1 aliphatic rings. The lowest BCUT2D eigenvalue weighted by molar-refractivity contribution is 0.0766. The minimum absolute atomic E-state index is 0.0658. The van der Waals surface area contributed by atoms with Crippen molar-refractivity contribution in [1.29, 1.82) is 0 Å². The quantitative estimate of drug-likeness (QED) is 0.829. The molecule has 7 heteroatoms. The Morgan fingerprint density at radius 2 is 1.71 bits per heavy atom. The lowest BCUT2D eigenvalue weighted by Crippen LogP contribution is -2.44. The zero-order valence-corrected chi connectivity index (χ0v) is 17.3. The molecule has 0 spiro atoms. The molecule has 150 valence electrons. The average Bonchev–Trinajstić information content (AvgIpc) is 2.69. The van der Waals surface area contributed by atoms with Crippen LogP contribution in [0.25, 0.3) is 0 Å². The van der Waals surface area contributed by atoms with Gasteiger partial charge in [0.15, 0.2) is 0 Å². The third kappa shape index (κ3) is 4.78. The average molecular weight is 383 g/mol. The Morgan fingerprint density at radius 1 is 1.07 bits per heavy atom. The molecule has 1 N–H and O–H groups in total. The second kappa shape index (κ2) is 9.01. The fraction of sp³-hybridized carbons (Fsp3) is 0.476. The third-order valence-corrected chi connectivity index (χ3v) is 5.12. The number of amides is 1. The van der Waals surface area contributed by atoms with Gasteiger partial charge >= 0.3 is 0 Å². The van der Waals surface area contributed by atoms with Crippen LogP contribution < -0.4 is 10.2 Å². The van der Waals surface area contributed by atoms with Crippen LogP contribution in [0, 0.1) is 6.92 Å². The molecule has 3 rings (SSSR count). The number of piperazine rings is 1. The van der Waals surface area contributed by atoms with E-state index in [0.29, 0.717) is 30.4 Å². The van der Waals surface area contributed by atoms with Gasteiger partial charge in [0.2, 0.25) is 0 Å². The summed E-state index contributed by atoms with van der Waals surface area (Å²) in [7, 11) is 2.16. The number of carbonyl (C=O) groups is 1. The summed E-state index contributed by atoms with van der Waals surface area (Å²) in [4.78, 5) is 27.9. The van der Waals surface area contributed by atoms with E-state index in [-0.39, 0.29) is 5.91 Å². The van der Waals surface area contributed by atoms with Gasteiger partial charge < -0.3 is 20.0 Å². The highest BCUT2D eigenvalue weighted by Crippen LogP contribution is 2.22. The number of hydrogen-bond donors (Lipinski definition) is 1. The van der Waals surface area contributed by atoms with E-state index in [4.69, 9.17) is 0 Å². The van der Waals surface area contributed by atoms with E-state index in [1.807, 2.05) is 13.8 Å². The summed E-state index contributed by atoms with van der Waals surface area (Å²) in [6.07, 6.45) is 0. The van der Waals surface area contributed by atoms with Crippen LogP contribution in [0.4, 0.5) is 17.2 Å². The van der Waals surface area contributed by atoms with Crippen molar-refractivity contribution in [3.8, 4) is 0 Å². The van der Waals surface area contributed by atoms with Gasteiger partial charge in [-0.3, -0.25) is 4.79 Å². The first-order valence-electron chi connectivity index (χ1n) is 9.95. The molecule has 1 aromatic carbocycles. The summed E-state index contributed by atoms with van der Waals surface area (Å²) in [5.41, 5.74) is 2.60. The van der Waals surface area contributed by atoms with E-state index in [1.54, 1.807) is 17.9 Å². The van der Waals surface area contributed by atoms with Crippen LogP contribution in [0.2, 0.25) is 0 Å². The number of nitrogens with one attached hydrogen (secondary N) is 1. The Balaban J connectivity index is 1.72. The van der Waals surface area contributed by atoms with E-state index in [2.05, 4.69) is 56.4 Å². The SMILES string of the molecule is CCN(CC)C(=O)c1cc(Nc2ccc(N3CCN(C)CC3)cc2)nc(C)n1. The molecule has 7 nitrogen and oxygen atoms in total. The van der Waals surface area contributed by atoms with Crippen LogP contribution in [-0.2, 0) is 0 Å². The van der Waals surface area contributed by atoms with Gasteiger partial charge in [-0.1, -0.05) is 0 Å². The van der Waals surface area contributed by atoms with E-state index in [0.717, 1.165) is 31.9 Å². The molecule has 0 radical (unpaired) electrons. The number of likely N-dealkylation sites (N-methyl/N-ethyl adjacent to an activating group) is 1. The summed E-state index contributed by atoms with van der Waals surface area (Å²) < 4.78 is 0. The highest BCUT2D eigenvalue weighted by molar-refractivity contribution is 5.93. The van der Waals surface area contributed by atoms with Crippen LogP contribution in [0.15, 0.2) is 30.3 Å². The largest absolute Gasteiger partial charge is 0.369 e. The van der Waals surface area contributed by atoms with Crippen molar-refractivity contribution in [2.75, 3.05) is 56.5 Å². The number of benzene rings is 1. The first kappa shape index (κ1) is 20.1. The number of aryl methyl sites for hydroxylation is 1. The van der Waals surface area contributed by atoms with Crippen molar-refractivity contribution in [2.45, 2.75) is 20.8 Å². The first-order chi connectivity index (χ1) is 13.5. The number of aromatic nitrogens is 2. The van der Waals surface area contributed by atoms with Crippen molar-refractivity contribution in [1.82, 2.24) is 19.8 Å². The van der Waals surface area contributed by atoms with Crippen molar-refractivity contribution < 1.29 is 4.79 Å². The molecule has 28 heavy (non-hydrogen) atoms. The standard InChI is InChI=1S/C21H30N6O/c1-5-26(6-2)21(28)19-15-20(23-16(3)22-19)24-17-7-9-18(10-8-17)27-13-11-25(4)12-14-27/h7-10,15H,5-6,11-14H2,1-4H3,(H,22,23,24). The highest BCUT2D eigenvalue weighted by atomic mass is 16.2. The molecular formula is C21H30N6O. The first-order valence-corrected chi connectivity index (χ1v) is 9.95. The van der Waals surface area contributed by atoms with Gasteiger partial charge in [0.1, 0.15) is 17.3 Å². The minimum atomic E-state index is -0.0658. The molecule has 1 aromatic heterocycles. The van der Waals surface area contributed by atoms with Crippen molar-refractivity contribution in [3.05, 3.63) is 41.9 Å². The van der Waals surface area contributed by atoms with Gasteiger partial charge in [0.25, 0.3) is 5.91 Å². The number of hydrogen-bond acceptors (Lipinski definition) is 6. The van der Waals surface area contributed by atoms with Crippen molar-refractivity contribution in [3.63, 3.8) is 0 Å². The van der Waals surface area contributed by atoms with Crippen LogP contribution in [0.3, 0.4) is 0 Å². The van der Waals surface area contributed by atoms with E-state index in [9.17, 15) is 4.79 Å². The minimum Gasteiger partial charge on any atom is -0.369 e. The summed E-state index contributed by atoms with van der Waals surface area (Å²) in [6.45, 7) is 11.3. The smallest absolute Gasteiger partial charge is 0.272 e. The maximum Gasteiger partial charge on any atom is 0.272 e. The molecule has 2 heterocycles. The van der Waals surface area contributed by atoms with Gasteiger partial charge in [0.05, 0.1) is 0 Å². The molecule has 1 amide bonds. The summed E-state index contributed by atoms with van der Waals surface area (Å²) >= 11 is 0. The molecular weight excluding hydrogens is 352 g/mol. The van der Waals surface area contributed by atoms with Gasteiger partial charge in [-0.25, -0.2) is 9.97 Å². The summed E-state index contributed by atoms with van der Waals surface area (Å²) in [5, 5.41) is 3.30. The predicted molar refractivity (Wildman–Crippen MR) is 113 cm³/mol. The lowest BCUT2D eigenvalue weighted by Gasteiger charge is -2.34. The maximum atomic E-state index is 12.6. The number of rotatable bonds is 6. The Labute approximate surface area is 167 Å². The monoisotopic (exact) mass is 382 g/mol. The number of nitrogens with zero attached hydrogens (tertiary/aromatic N) is 5. The zero-order chi connectivity index (χ0) is 20.1. The summed E-state index contributed by atoms with van der Waals surface area (Å²) in [6, 6.07) is 10.1. The van der Waals surface area contributed by atoms with E-state index >= 15 is 0 Å². The van der Waals surface area contributed by atoms with Crippen molar-refractivity contribution >= 4 is 23.1 Å². The van der Waals surface area contributed by atoms with E-state index < -0.39 is 0 Å². The second-order valence-electron chi connectivity index (χ2n) is 7.13. The third-order valence-electron chi connectivity index (χ3n) is 5.12. The van der Waals surface area contributed by atoms with Gasteiger partial charge in [0, 0.05) is 56.7 Å². The molecule has 0 atom stereocenters. The summed E-state index contributed by atoms with van der Waals surface area (Å²) in [5.74, 6) is 1.15. The van der Waals surface area contributed by atoms with Crippen molar-refractivity contribution in [2.24, 2.45) is 0 Å². The van der Waals surface area contributed by atoms with E-state index in [1.165, 1.54) is 5.69 Å². The number of anilines is 3. The van der Waals surface area contributed by atoms with Gasteiger partial charge in [-0.15, -0.1) is 0 Å². The predicted octanol–water partition coefficient (Wildman–Crippen LogP) is 2.76. The zero-order valence-electron chi connectivity index (χ0n) is 17.3. The molecule has 2 aromatic rings. The van der Waals surface area contributed by atoms with Gasteiger partial charge in [-0.05, 0) is 52.1 Å². The fourth-order valence-electron chi connectivity index (χ4n) is 3.38.